The van der Waals surface area contributed by atoms with Gasteiger partial charge in [0.2, 0.25) is 5.82 Å². The molecule has 1 saturated heterocycles. The summed E-state index contributed by atoms with van der Waals surface area (Å²) in [5.41, 5.74) is 2.28. The van der Waals surface area contributed by atoms with Crippen molar-refractivity contribution in [1.82, 2.24) is 14.5 Å². The van der Waals surface area contributed by atoms with Crippen LogP contribution in [0.15, 0.2) is 30.3 Å². The van der Waals surface area contributed by atoms with Crippen LogP contribution >= 0.6 is 0 Å². The van der Waals surface area contributed by atoms with Crippen LogP contribution in [-0.4, -0.2) is 45.9 Å². The van der Waals surface area contributed by atoms with Crippen LogP contribution in [0.25, 0.3) is 0 Å². The maximum Gasteiger partial charge on any atom is 0.294 e. The summed E-state index contributed by atoms with van der Waals surface area (Å²) in [5.74, 6) is 0.255. The molecule has 4 rings (SSSR count). The van der Waals surface area contributed by atoms with Gasteiger partial charge in [-0.1, -0.05) is 18.2 Å². The summed E-state index contributed by atoms with van der Waals surface area (Å²) in [6, 6.07) is 9.64. The van der Waals surface area contributed by atoms with E-state index in [4.69, 9.17) is 0 Å². The minimum atomic E-state index is -0.132. The van der Waals surface area contributed by atoms with E-state index in [0.717, 1.165) is 63.1 Å². The third-order valence-corrected chi connectivity index (χ3v) is 5.53. The van der Waals surface area contributed by atoms with Crippen LogP contribution in [0.1, 0.15) is 59.4 Å². The van der Waals surface area contributed by atoms with Crippen LogP contribution < -0.4 is 4.90 Å². The molecule has 3 heterocycles. The quantitative estimate of drug-likeness (QED) is 0.835. The van der Waals surface area contributed by atoms with Crippen LogP contribution in [0.2, 0.25) is 0 Å². The Morgan fingerprint density at radius 1 is 1.04 bits per heavy atom. The monoisotopic (exact) mass is 366 g/mol. The van der Waals surface area contributed by atoms with E-state index >= 15 is 0 Å². The van der Waals surface area contributed by atoms with E-state index in [2.05, 4.69) is 4.98 Å². The number of benzene rings is 1. The number of carbonyl (C=O) groups is 2. The highest BCUT2D eigenvalue weighted by Crippen LogP contribution is 2.25. The summed E-state index contributed by atoms with van der Waals surface area (Å²) < 4.78 is 1.99. The number of rotatable bonds is 4. The second kappa shape index (κ2) is 7.55. The Bertz CT molecular complexity index is 837. The predicted molar refractivity (Wildman–Crippen MR) is 104 cm³/mol. The largest absolute Gasteiger partial charge is 0.337 e. The molecule has 0 atom stereocenters. The Balaban J connectivity index is 1.72. The molecule has 27 heavy (non-hydrogen) atoms. The fourth-order valence-electron chi connectivity index (χ4n) is 4.12. The lowest BCUT2D eigenvalue weighted by molar-refractivity contribution is 0.0786. The van der Waals surface area contributed by atoms with Crippen LogP contribution in [0, 0.1) is 0 Å². The molecule has 1 aromatic carbocycles. The van der Waals surface area contributed by atoms with Gasteiger partial charge in [-0.05, 0) is 51.2 Å². The van der Waals surface area contributed by atoms with Crippen molar-refractivity contribution in [3.05, 3.63) is 47.5 Å². The average molecular weight is 366 g/mol. The van der Waals surface area contributed by atoms with Gasteiger partial charge >= 0.3 is 0 Å². The van der Waals surface area contributed by atoms with Crippen LogP contribution in [0.5, 0.6) is 0 Å². The summed E-state index contributed by atoms with van der Waals surface area (Å²) in [4.78, 5) is 34.5. The van der Waals surface area contributed by atoms with Gasteiger partial charge in [-0.15, -0.1) is 0 Å². The number of likely N-dealkylation sites (tertiary alicyclic amines) is 1. The van der Waals surface area contributed by atoms with Gasteiger partial charge in [0.1, 0.15) is 5.69 Å². The number of nitrogens with zero attached hydrogens (tertiary/aromatic N) is 4. The Labute approximate surface area is 159 Å². The predicted octanol–water partition coefficient (Wildman–Crippen LogP) is 3.12. The number of hydrogen-bond donors (Lipinski definition) is 0. The molecular weight excluding hydrogens is 340 g/mol. The zero-order chi connectivity index (χ0) is 18.8. The number of imidazole rings is 1. The van der Waals surface area contributed by atoms with E-state index in [-0.39, 0.29) is 11.8 Å². The molecule has 142 valence electrons. The standard InChI is InChI=1S/C21H26N4O2/c1-2-24(16-10-4-3-5-11-16)21(27)19-22-18(17-12-6-7-15-25(17)19)20(26)23-13-8-9-14-23/h3-5,10-11H,2,6-9,12-15H2,1H3. The highest BCUT2D eigenvalue weighted by Gasteiger charge is 2.32. The molecule has 2 amide bonds. The first-order valence-corrected chi connectivity index (χ1v) is 9.96. The molecule has 1 fully saturated rings. The molecular formula is C21H26N4O2. The lowest BCUT2D eigenvalue weighted by Crippen LogP contribution is -2.33. The molecule has 0 bridgehead atoms. The highest BCUT2D eigenvalue weighted by atomic mass is 16.2. The van der Waals surface area contributed by atoms with Crippen LogP contribution in [0.3, 0.4) is 0 Å². The van der Waals surface area contributed by atoms with E-state index in [1.165, 1.54) is 0 Å². The Morgan fingerprint density at radius 2 is 1.74 bits per heavy atom. The molecule has 0 radical (unpaired) electrons. The SMILES string of the molecule is CCN(C(=O)c1nc(C(=O)N2CCCC2)c2n1CCCC2)c1ccccc1. The van der Waals surface area contributed by atoms with E-state index in [9.17, 15) is 9.59 Å². The maximum absolute atomic E-state index is 13.3. The van der Waals surface area contributed by atoms with Crippen molar-refractivity contribution >= 4 is 17.5 Å². The maximum atomic E-state index is 13.3. The molecule has 0 saturated carbocycles. The van der Waals surface area contributed by atoms with Gasteiger partial charge in [0.05, 0.1) is 5.69 Å². The van der Waals surface area contributed by atoms with E-state index in [0.29, 0.717) is 18.1 Å². The lowest BCUT2D eigenvalue weighted by atomic mass is 10.1. The molecule has 0 unspecified atom stereocenters. The second-order valence-electron chi connectivity index (χ2n) is 7.22. The second-order valence-corrected chi connectivity index (χ2v) is 7.22. The Morgan fingerprint density at radius 3 is 2.44 bits per heavy atom. The summed E-state index contributed by atoms with van der Waals surface area (Å²) in [5, 5.41) is 0. The molecule has 6 heteroatoms. The van der Waals surface area contributed by atoms with Gasteiger partial charge in [-0.2, -0.15) is 0 Å². The van der Waals surface area contributed by atoms with Crippen molar-refractivity contribution < 1.29 is 9.59 Å². The van der Waals surface area contributed by atoms with Crippen molar-refractivity contribution in [3.8, 4) is 0 Å². The molecule has 2 aromatic rings. The fourth-order valence-corrected chi connectivity index (χ4v) is 4.12. The molecule has 0 N–H and O–H groups in total. The smallest absolute Gasteiger partial charge is 0.294 e. The van der Waals surface area contributed by atoms with E-state index < -0.39 is 0 Å². The van der Waals surface area contributed by atoms with Crippen molar-refractivity contribution in [2.24, 2.45) is 0 Å². The number of carbonyl (C=O) groups excluding carboxylic acids is 2. The molecule has 1 aromatic heterocycles. The van der Waals surface area contributed by atoms with Crippen LogP contribution in [0.4, 0.5) is 5.69 Å². The first-order valence-electron chi connectivity index (χ1n) is 9.96. The summed E-state index contributed by atoms with van der Waals surface area (Å²) >= 11 is 0. The molecule has 2 aliphatic rings. The van der Waals surface area contributed by atoms with Gasteiger partial charge < -0.3 is 14.4 Å². The third kappa shape index (κ3) is 3.24. The number of amides is 2. The fraction of sp³-hybridized carbons (Fsp3) is 0.476. The van der Waals surface area contributed by atoms with Crippen molar-refractivity contribution in [2.45, 2.75) is 45.6 Å². The number of hydrogen-bond acceptors (Lipinski definition) is 3. The third-order valence-electron chi connectivity index (χ3n) is 5.53. The van der Waals surface area contributed by atoms with Gasteiger partial charge in [0.15, 0.2) is 0 Å². The number of anilines is 1. The van der Waals surface area contributed by atoms with E-state index in [1.54, 1.807) is 4.90 Å². The van der Waals surface area contributed by atoms with Crippen molar-refractivity contribution in [2.75, 3.05) is 24.5 Å². The summed E-state index contributed by atoms with van der Waals surface area (Å²) in [7, 11) is 0. The topological polar surface area (TPSA) is 58.4 Å². The number of fused-ring (bicyclic) bond motifs is 1. The normalized spacial score (nSPS) is 16.3. The van der Waals surface area contributed by atoms with Gasteiger partial charge in [0, 0.05) is 31.9 Å². The summed E-state index contributed by atoms with van der Waals surface area (Å²) in [6.07, 6.45) is 4.96. The lowest BCUT2D eigenvalue weighted by Gasteiger charge is -2.22. The molecule has 0 aliphatic carbocycles. The number of aromatic nitrogens is 2. The van der Waals surface area contributed by atoms with E-state index in [1.807, 2.05) is 46.7 Å². The molecule has 2 aliphatic heterocycles. The van der Waals surface area contributed by atoms with Crippen LogP contribution in [-0.2, 0) is 13.0 Å². The average Bonchev–Trinajstić information content (AvgIpc) is 3.37. The van der Waals surface area contributed by atoms with Gasteiger partial charge in [-0.25, -0.2) is 4.98 Å². The molecule has 6 nitrogen and oxygen atoms in total. The Hall–Kier alpha value is -2.63. The van der Waals surface area contributed by atoms with Gasteiger partial charge in [-0.3, -0.25) is 9.59 Å². The van der Waals surface area contributed by atoms with Gasteiger partial charge in [0.25, 0.3) is 11.8 Å². The minimum absolute atomic E-state index is 0.0139. The zero-order valence-electron chi connectivity index (χ0n) is 15.9. The first-order chi connectivity index (χ1) is 13.2. The zero-order valence-corrected chi connectivity index (χ0v) is 15.9. The number of para-hydroxylation sites is 1. The molecule has 0 spiro atoms. The van der Waals surface area contributed by atoms with Crippen molar-refractivity contribution in [3.63, 3.8) is 0 Å². The highest BCUT2D eigenvalue weighted by molar-refractivity contribution is 6.05. The Kier molecular flexibility index (Phi) is 4.97. The van der Waals surface area contributed by atoms with Crippen molar-refractivity contribution in [1.29, 1.82) is 0 Å². The summed E-state index contributed by atoms with van der Waals surface area (Å²) in [6.45, 7) is 4.85. The first kappa shape index (κ1) is 17.8. The minimum Gasteiger partial charge on any atom is -0.337 e.